The average molecular weight is 548 g/mol. The van der Waals surface area contributed by atoms with E-state index in [1.807, 2.05) is 37.3 Å². The number of rotatable bonds is 8. The topological polar surface area (TPSA) is 92.3 Å². The maximum atomic E-state index is 14.1. The van der Waals surface area contributed by atoms with Crippen LogP contribution in [0.15, 0.2) is 58.9 Å². The number of methoxy groups -OCH3 is 4. The van der Waals surface area contributed by atoms with E-state index in [1.54, 1.807) is 27.4 Å². The molecule has 0 radical (unpaired) electrons. The van der Waals surface area contributed by atoms with Crippen molar-refractivity contribution < 1.29 is 33.3 Å². The molecule has 1 saturated carbocycles. The van der Waals surface area contributed by atoms with Gasteiger partial charge in [-0.05, 0) is 56.7 Å². The van der Waals surface area contributed by atoms with Gasteiger partial charge in [0.15, 0.2) is 17.3 Å². The summed E-state index contributed by atoms with van der Waals surface area (Å²) in [4.78, 5) is 27.9. The highest BCUT2D eigenvalue weighted by Gasteiger charge is 2.44. The number of para-hydroxylation sites is 1. The molecule has 0 saturated heterocycles. The van der Waals surface area contributed by atoms with E-state index in [9.17, 15) is 9.59 Å². The molecule has 8 heteroatoms. The molecule has 3 aliphatic rings. The van der Waals surface area contributed by atoms with E-state index in [0.717, 1.165) is 42.7 Å². The highest BCUT2D eigenvalue weighted by Crippen LogP contribution is 2.52. The molecular formula is C32H37NO7. The molecule has 2 aromatic rings. The Labute approximate surface area is 235 Å². The van der Waals surface area contributed by atoms with Crippen LogP contribution in [-0.2, 0) is 14.3 Å². The molecule has 1 heterocycles. The van der Waals surface area contributed by atoms with Crippen LogP contribution in [0.2, 0.25) is 0 Å². The first-order chi connectivity index (χ1) is 19.4. The SMILES string of the molecule is COc1ccccc1[C@H]1CC(=O)C2=C(C1)NC(C)=C(C(=O)OC1CCCC1)[C@H]2c1ccc(OC)c(OC)c1OC. The molecule has 8 nitrogen and oxygen atoms in total. The Morgan fingerprint density at radius 2 is 1.52 bits per heavy atom. The molecule has 2 aliphatic carbocycles. The Morgan fingerprint density at radius 1 is 0.825 bits per heavy atom. The van der Waals surface area contributed by atoms with Gasteiger partial charge in [0.2, 0.25) is 5.75 Å². The van der Waals surface area contributed by atoms with Crippen molar-refractivity contribution in [3.8, 4) is 23.0 Å². The van der Waals surface area contributed by atoms with E-state index in [4.69, 9.17) is 23.7 Å². The van der Waals surface area contributed by atoms with Gasteiger partial charge in [-0.25, -0.2) is 4.79 Å². The summed E-state index contributed by atoms with van der Waals surface area (Å²) in [6.45, 7) is 1.87. The van der Waals surface area contributed by atoms with Crippen molar-refractivity contribution in [2.75, 3.05) is 28.4 Å². The monoisotopic (exact) mass is 547 g/mol. The summed E-state index contributed by atoms with van der Waals surface area (Å²) < 4.78 is 28.6. The van der Waals surface area contributed by atoms with E-state index in [2.05, 4.69) is 5.32 Å². The first-order valence-electron chi connectivity index (χ1n) is 13.8. The van der Waals surface area contributed by atoms with Crippen molar-refractivity contribution in [2.24, 2.45) is 0 Å². The van der Waals surface area contributed by atoms with Crippen molar-refractivity contribution in [1.29, 1.82) is 0 Å². The summed E-state index contributed by atoms with van der Waals surface area (Å²) >= 11 is 0. The third-order valence-electron chi connectivity index (χ3n) is 8.25. The summed E-state index contributed by atoms with van der Waals surface area (Å²) in [7, 11) is 6.28. The van der Waals surface area contributed by atoms with Gasteiger partial charge >= 0.3 is 5.97 Å². The molecule has 0 unspecified atom stereocenters. The highest BCUT2D eigenvalue weighted by molar-refractivity contribution is 6.04. The van der Waals surface area contributed by atoms with Gasteiger partial charge in [0.1, 0.15) is 11.9 Å². The van der Waals surface area contributed by atoms with Crippen molar-refractivity contribution >= 4 is 11.8 Å². The van der Waals surface area contributed by atoms with Crippen LogP contribution in [0, 0.1) is 0 Å². The summed E-state index contributed by atoms with van der Waals surface area (Å²) in [6.07, 6.45) is 4.55. The molecule has 1 aliphatic heterocycles. The standard InChI is InChI=1S/C32H37NO7/c1-18-27(32(35)40-20-10-6-7-11-20)28(22-14-15-26(37-3)31(39-5)30(22)38-4)29-23(33-18)16-19(17-24(29)34)21-12-8-9-13-25(21)36-2/h8-9,12-15,19-20,28,33H,6-7,10-11,16-17H2,1-5H3/t19-,28-/m1/s1. The van der Waals surface area contributed by atoms with Crippen LogP contribution in [0.25, 0.3) is 0 Å². The lowest BCUT2D eigenvalue weighted by Crippen LogP contribution is -2.36. The molecule has 2 aromatic carbocycles. The Morgan fingerprint density at radius 3 is 2.20 bits per heavy atom. The predicted molar refractivity (Wildman–Crippen MR) is 150 cm³/mol. The van der Waals surface area contributed by atoms with E-state index < -0.39 is 11.9 Å². The molecule has 2 atom stereocenters. The van der Waals surface area contributed by atoms with E-state index in [0.29, 0.717) is 46.1 Å². The van der Waals surface area contributed by atoms with Crippen molar-refractivity contribution in [1.82, 2.24) is 5.32 Å². The lowest BCUT2D eigenvalue weighted by Gasteiger charge is -2.37. The van der Waals surface area contributed by atoms with Gasteiger partial charge in [0, 0.05) is 34.9 Å². The van der Waals surface area contributed by atoms with Gasteiger partial charge in [-0.2, -0.15) is 0 Å². The number of ether oxygens (including phenoxy) is 5. The van der Waals surface area contributed by atoms with Crippen molar-refractivity contribution in [2.45, 2.75) is 63.4 Å². The average Bonchev–Trinajstić information content (AvgIpc) is 3.48. The molecule has 1 N–H and O–H groups in total. The first kappa shape index (κ1) is 27.6. The van der Waals surface area contributed by atoms with Crippen LogP contribution < -0.4 is 24.3 Å². The Bertz CT molecular complexity index is 1370. The molecule has 0 amide bonds. The van der Waals surface area contributed by atoms with Gasteiger partial charge in [-0.1, -0.05) is 24.3 Å². The second kappa shape index (κ2) is 11.7. The first-order valence-corrected chi connectivity index (χ1v) is 13.8. The van der Waals surface area contributed by atoms with Crippen LogP contribution in [-0.4, -0.2) is 46.3 Å². The fourth-order valence-electron chi connectivity index (χ4n) is 6.42. The Hall–Kier alpha value is -3.94. The van der Waals surface area contributed by atoms with Crippen LogP contribution in [0.5, 0.6) is 23.0 Å². The molecule has 0 aromatic heterocycles. The fraction of sp³-hybridized carbons (Fsp3) is 0.438. The summed E-state index contributed by atoms with van der Waals surface area (Å²) in [6, 6.07) is 11.4. The number of hydrogen-bond acceptors (Lipinski definition) is 8. The third kappa shape index (κ3) is 4.91. The molecule has 40 heavy (non-hydrogen) atoms. The summed E-state index contributed by atoms with van der Waals surface area (Å²) in [5.41, 5.74) is 4.07. The normalized spacial score (nSPS) is 21.1. The minimum Gasteiger partial charge on any atom is -0.496 e. The molecule has 212 valence electrons. The van der Waals surface area contributed by atoms with Gasteiger partial charge < -0.3 is 29.0 Å². The molecule has 0 spiro atoms. The number of nitrogens with one attached hydrogen (secondary N) is 1. The lowest BCUT2D eigenvalue weighted by molar-refractivity contribution is -0.144. The van der Waals surface area contributed by atoms with Crippen LogP contribution in [0.4, 0.5) is 0 Å². The van der Waals surface area contributed by atoms with Crippen LogP contribution in [0.1, 0.15) is 68.4 Å². The minimum absolute atomic E-state index is 0.0369. The second-order valence-electron chi connectivity index (χ2n) is 10.5. The van der Waals surface area contributed by atoms with E-state index in [-0.39, 0.29) is 24.2 Å². The van der Waals surface area contributed by atoms with Crippen LogP contribution in [0.3, 0.4) is 0 Å². The van der Waals surface area contributed by atoms with Crippen molar-refractivity contribution in [3.05, 3.63) is 70.1 Å². The van der Waals surface area contributed by atoms with E-state index in [1.165, 1.54) is 7.11 Å². The Kier molecular flexibility index (Phi) is 8.05. The summed E-state index contributed by atoms with van der Waals surface area (Å²) in [5, 5.41) is 3.43. The molecular weight excluding hydrogens is 510 g/mol. The number of Topliss-reactive ketones (excluding diaryl/α,β-unsaturated/α-hetero) is 1. The number of allylic oxidation sites excluding steroid dienone is 3. The maximum absolute atomic E-state index is 14.1. The molecule has 1 fully saturated rings. The fourth-order valence-corrected chi connectivity index (χ4v) is 6.42. The second-order valence-corrected chi connectivity index (χ2v) is 10.5. The van der Waals surface area contributed by atoms with Gasteiger partial charge in [-0.3, -0.25) is 4.79 Å². The number of carbonyl (C=O) groups is 2. The van der Waals surface area contributed by atoms with Crippen LogP contribution >= 0.6 is 0 Å². The number of dihydropyridines is 1. The minimum atomic E-state index is -0.689. The number of ketones is 1. The van der Waals surface area contributed by atoms with Gasteiger partial charge in [0.05, 0.1) is 39.9 Å². The van der Waals surface area contributed by atoms with Gasteiger partial charge in [0.25, 0.3) is 0 Å². The number of carbonyl (C=O) groups excluding carboxylic acids is 2. The van der Waals surface area contributed by atoms with Crippen molar-refractivity contribution in [3.63, 3.8) is 0 Å². The molecule has 0 bridgehead atoms. The lowest BCUT2D eigenvalue weighted by atomic mass is 9.71. The van der Waals surface area contributed by atoms with Gasteiger partial charge in [-0.15, -0.1) is 0 Å². The largest absolute Gasteiger partial charge is 0.496 e. The zero-order valence-electron chi connectivity index (χ0n) is 23.8. The number of esters is 1. The quantitative estimate of drug-likeness (QED) is 0.429. The number of benzene rings is 2. The maximum Gasteiger partial charge on any atom is 0.337 e. The third-order valence-corrected chi connectivity index (χ3v) is 8.25. The van der Waals surface area contributed by atoms with E-state index >= 15 is 0 Å². The molecule has 5 rings (SSSR count). The predicted octanol–water partition coefficient (Wildman–Crippen LogP) is 5.57. The zero-order chi connectivity index (χ0) is 28.4. The smallest absolute Gasteiger partial charge is 0.337 e. The number of hydrogen-bond donors (Lipinski definition) is 1. The summed E-state index contributed by atoms with van der Waals surface area (Å²) in [5.74, 6) is 0.863. The zero-order valence-corrected chi connectivity index (χ0v) is 23.8. The highest BCUT2D eigenvalue weighted by atomic mass is 16.5. The Balaban J connectivity index is 1.64.